The first-order valence-electron chi connectivity index (χ1n) is 8.55. The number of rotatable bonds is 4. The standard InChI is InChI=1S/C21H14F3N3O2/c22-21(23,24)14-2-1-3-16(11-14)29-15-7-4-12(5-8-15)20-26-17-9-6-13(19(25)28)10-18(17)27-20/h1-11H,(H2,25,28)(H,26,27). The van der Waals surface area contributed by atoms with Crippen LogP contribution in [-0.4, -0.2) is 15.9 Å². The van der Waals surface area contributed by atoms with E-state index < -0.39 is 17.6 Å². The number of amides is 1. The Morgan fingerprint density at radius 2 is 1.72 bits per heavy atom. The van der Waals surface area contributed by atoms with Gasteiger partial charge in [-0.3, -0.25) is 4.79 Å². The van der Waals surface area contributed by atoms with Crippen LogP contribution in [0.4, 0.5) is 13.2 Å². The number of fused-ring (bicyclic) bond motifs is 1. The van der Waals surface area contributed by atoms with Crippen molar-refractivity contribution in [1.82, 2.24) is 9.97 Å². The lowest BCUT2D eigenvalue weighted by atomic mass is 10.2. The zero-order valence-electron chi connectivity index (χ0n) is 14.8. The fourth-order valence-electron chi connectivity index (χ4n) is 2.85. The van der Waals surface area contributed by atoms with E-state index in [9.17, 15) is 18.0 Å². The molecule has 0 saturated carbocycles. The van der Waals surface area contributed by atoms with Gasteiger partial charge in [0.15, 0.2) is 0 Å². The van der Waals surface area contributed by atoms with Gasteiger partial charge in [0.2, 0.25) is 5.91 Å². The highest BCUT2D eigenvalue weighted by molar-refractivity contribution is 5.96. The number of primary amides is 1. The molecule has 0 aliphatic rings. The van der Waals surface area contributed by atoms with Crippen molar-refractivity contribution in [3.05, 3.63) is 77.9 Å². The number of halogens is 3. The number of hydrogen-bond donors (Lipinski definition) is 2. The molecule has 5 nitrogen and oxygen atoms in total. The zero-order chi connectivity index (χ0) is 20.6. The highest BCUT2D eigenvalue weighted by Crippen LogP contribution is 2.33. The molecule has 0 atom stereocenters. The van der Waals surface area contributed by atoms with Crippen molar-refractivity contribution in [2.75, 3.05) is 0 Å². The molecule has 3 aromatic carbocycles. The molecule has 0 aliphatic carbocycles. The van der Waals surface area contributed by atoms with Crippen LogP contribution in [0.25, 0.3) is 22.4 Å². The van der Waals surface area contributed by atoms with E-state index in [1.807, 2.05) is 0 Å². The summed E-state index contributed by atoms with van der Waals surface area (Å²) in [5.41, 5.74) is 6.98. The van der Waals surface area contributed by atoms with Crippen LogP contribution < -0.4 is 10.5 Å². The summed E-state index contributed by atoms with van der Waals surface area (Å²) in [6.07, 6.45) is -4.43. The molecule has 29 heavy (non-hydrogen) atoms. The number of benzene rings is 3. The summed E-state index contributed by atoms with van der Waals surface area (Å²) in [5, 5.41) is 0. The van der Waals surface area contributed by atoms with Gasteiger partial charge in [-0.15, -0.1) is 0 Å². The van der Waals surface area contributed by atoms with Crippen LogP contribution in [0, 0.1) is 0 Å². The summed E-state index contributed by atoms with van der Waals surface area (Å²) >= 11 is 0. The Kier molecular flexibility index (Phi) is 4.46. The Morgan fingerprint density at radius 3 is 2.41 bits per heavy atom. The number of ether oxygens (including phenoxy) is 1. The fourth-order valence-corrected chi connectivity index (χ4v) is 2.85. The Morgan fingerprint density at radius 1 is 0.966 bits per heavy atom. The average molecular weight is 397 g/mol. The van der Waals surface area contributed by atoms with Crippen LogP contribution in [0.15, 0.2) is 66.7 Å². The van der Waals surface area contributed by atoms with Gasteiger partial charge in [0.25, 0.3) is 0 Å². The molecule has 0 bridgehead atoms. The monoisotopic (exact) mass is 397 g/mol. The van der Waals surface area contributed by atoms with Crippen LogP contribution in [0.2, 0.25) is 0 Å². The number of H-pyrrole nitrogens is 1. The Hall–Kier alpha value is -3.81. The minimum Gasteiger partial charge on any atom is -0.457 e. The molecule has 0 unspecified atom stereocenters. The average Bonchev–Trinajstić information content (AvgIpc) is 3.11. The number of nitrogens with two attached hydrogens (primary N) is 1. The smallest absolute Gasteiger partial charge is 0.416 e. The van der Waals surface area contributed by atoms with Gasteiger partial charge in [-0.05, 0) is 60.7 Å². The third kappa shape index (κ3) is 3.91. The molecule has 146 valence electrons. The number of aromatic nitrogens is 2. The Bertz CT molecular complexity index is 1200. The van der Waals surface area contributed by atoms with E-state index in [1.54, 1.807) is 42.5 Å². The van der Waals surface area contributed by atoms with Crippen molar-refractivity contribution < 1.29 is 22.7 Å². The number of imidazole rings is 1. The summed E-state index contributed by atoms with van der Waals surface area (Å²) in [6, 6.07) is 16.3. The molecule has 8 heteroatoms. The van der Waals surface area contributed by atoms with E-state index in [1.165, 1.54) is 12.1 Å². The summed E-state index contributed by atoms with van der Waals surface area (Å²) in [6.45, 7) is 0. The van der Waals surface area contributed by atoms with Gasteiger partial charge >= 0.3 is 6.18 Å². The molecule has 0 spiro atoms. The van der Waals surface area contributed by atoms with Gasteiger partial charge in [-0.1, -0.05) is 6.07 Å². The van der Waals surface area contributed by atoms with Crippen LogP contribution in [0.5, 0.6) is 11.5 Å². The number of hydrogen-bond acceptors (Lipinski definition) is 3. The molecule has 3 N–H and O–H groups in total. The topological polar surface area (TPSA) is 81.0 Å². The highest BCUT2D eigenvalue weighted by Gasteiger charge is 2.30. The molecule has 1 amide bonds. The maximum Gasteiger partial charge on any atom is 0.416 e. The summed E-state index contributed by atoms with van der Waals surface area (Å²) < 4.78 is 44.0. The van der Waals surface area contributed by atoms with E-state index in [4.69, 9.17) is 10.5 Å². The first kappa shape index (κ1) is 18.5. The normalized spacial score (nSPS) is 11.6. The first-order valence-corrected chi connectivity index (χ1v) is 8.55. The van der Waals surface area contributed by atoms with Gasteiger partial charge < -0.3 is 15.5 Å². The molecule has 1 aromatic heterocycles. The number of carbonyl (C=O) groups excluding carboxylic acids is 1. The van der Waals surface area contributed by atoms with E-state index in [0.717, 1.165) is 17.7 Å². The molecular formula is C21H14F3N3O2. The minimum absolute atomic E-state index is 0.0929. The van der Waals surface area contributed by atoms with Crippen LogP contribution >= 0.6 is 0 Å². The lowest BCUT2D eigenvalue weighted by Crippen LogP contribution is -2.10. The lowest BCUT2D eigenvalue weighted by molar-refractivity contribution is -0.137. The SMILES string of the molecule is NC(=O)c1ccc2nc(-c3ccc(Oc4cccc(C(F)(F)F)c4)cc3)[nH]c2c1. The van der Waals surface area contributed by atoms with Gasteiger partial charge in [0, 0.05) is 11.1 Å². The lowest BCUT2D eigenvalue weighted by Gasteiger charge is -2.10. The Balaban J connectivity index is 1.57. The summed E-state index contributed by atoms with van der Waals surface area (Å²) in [4.78, 5) is 18.9. The van der Waals surface area contributed by atoms with E-state index >= 15 is 0 Å². The molecule has 0 saturated heterocycles. The number of carbonyl (C=O) groups is 1. The van der Waals surface area contributed by atoms with Crippen molar-refractivity contribution in [2.45, 2.75) is 6.18 Å². The van der Waals surface area contributed by atoms with Crippen LogP contribution in [0.1, 0.15) is 15.9 Å². The van der Waals surface area contributed by atoms with Crippen molar-refractivity contribution in [1.29, 1.82) is 0 Å². The number of nitrogens with one attached hydrogen (secondary N) is 1. The van der Waals surface area contributed by atoms with Crippen LogP contribution in [-0.2, 0) is 6.18 Å². The van der Waals surface area contributed by atoms with Gasteiger partial charge in [-0.2, -0.15) is 13.2 Å². The van der Waals surface area contributed by atoms with Crippen LogP contribution in [0.3, 0.4) is 0 Å². The molecule has 0 fully saturated rings. The van der Waals surface area contributed by atoms with Crippen molar-refractivity contribution in [3.63, 3.8) is 0 Å². The van der Waals surface area contributed by atoms with E-state index in [2.05, 4.69) is 9.97 Å². The molecular weight excluding hydrogens is 383 g/mol. The summed E-state index contributed by atoms with van der Waals surface area (Å²) in [5.74, 6) is 0.530. The number of aromatic amines is 1. The molecule has 4 rings (SSSR count). The van der Waals surface area contributed by atoms with Crippen molar-refractivity contribution in [3.8, 4) is 22.9 Å². The first-order chi connectivity index (χ1) is 13.8. The third-order valence-corrected chi connectivity index (χ3v) is 4.29. The summed E-state index contributed by atoms with van der Waals surface area (Å²) in [7, 11) is 0. The number of alkyl halides is 3. The van der Waals surface area contributed by atoms with Gasteiger partial charge in [0.05, 0.1) is 16.6 Å². The maximum absolute atomic E-state index is 12.8. The quantitative estimate of drug-likeness (QED) is 0.500. The Labute approximate surface area is 162 Å². The van der Waals surface area contributed by atoms with Crippen molar-refractivity contribution in [2.24, 2.45) is 5.73 Å². The second-order valence-electron chi connectivity index (χ2n) is 6.33. The van der Waals surface area contributed by atoms with Gasteiger partial charge in [-0.25, -0.2) is 4.98 Å². The fraction of sp³-hybridized carbons (Fsp3) is 0.0476. The predicted molar refractivity (Wildman–Crippen MR) is 102 cm³/mol. The molecule has 1 heterocycles. The minimum atomic E-state index is -4.43. The molecule has 0 radical (unpaired) electrons. The maximum atomic E-state index is 12.8. The third-order valence-electron chi connectivity index (χ3n) is 4.29. The van der Waals surface area contributed by atoms with Gasteiger partial charge in [0.1, 0.15) is 17.3 Å². The largest absolute Gasteiger partial charge is 0.457 e. The van der Waals surface area contributed by atoms with Crippen molar-refractivity contribution >= 4 is 16.9 Å². The zero-order valence-corrected chi connectivity index (χ0v) is 14.8. The van der Waals surface area contributed by atoms with E-state index in [-0.39, 0.29) is 5.75 Å². The highest BCUT2D eigenvalue weighted by atomic mass is 19.4. The predicted octanol–water partition coefficient (Wildman–Crippen LogP) is 5.14. The second kappa shape index (κ2) is 6.97. The van der Waals surface area contributed by atoms with E-state index in [0.29, 0.717) is 28.2 Å². The molecule has 4 aromatic rings. The second-order valence-corrected chi connectivity index (χ2v) is 6.33. The number of nitrogens with zero attached hydrogens (tertiary/aromatic N) is 1. The molecule has 0 aliphatic heterocycles.